The van der Waals surface area contributed by atoms with E-state index < -0.39 is 24.5 Å². The first-order valence-corrected chi connectivity index (χ1v) is 11.0. The van der Waals surface area contributed by atoms with Crippen LogP contribution in [0.25, 0.3) is 11.2 Å². The van der Waals surface area contributed by atoms with Gasteiger partial charge < -0.3 is 20.3 Å². The number of nitrogens with one attached hydrogen (secondary N) is 1. The highest BCUT2D eigenvalue weighted by Gasteiger charge is 2.44. The summed E-state index contributed by atoms with van der Waals surface area (Å²) in [5.41, 5.74) is 2.39. The molecule has 1 aliphatic rings. The molecule has 0 amide bonds. The molecule has 3 N–H and O–H groups in total. The van der Waals surface area contributed by atoms with Crippen LogP contribution in [0.1, 0.15) is 18.7 Å². The summed E-state index contributed by atoms with van der Waals surface area (Å²) in [4.78, 5) is 13.1. The Morgan fingerprint density at radius 2 is 1.97 bits per heavy atom. The Balaban J connectivity index is 1.55. The standard InChI is InChI=1S/C20H25N5O3S/c1-12(8-13-6-4-3-5-7-13)24-18-15-19(22-10-21-18)25(11-23-15)20-17(27)16(26)14(28-20)9-29-2/h3-7,10-12,14,16-17,20,26-27H,8-9H2,1-2H3,(H,21,22,24)/t12-,14+,16+,17+,20+/m0/s1. The van der Waals surface area contributed by atoms with Gasteiger partial charge in [0.25, 0.3) is 0 Å². The molecule has 0 bridgehead atoms. The Bertz CT molecular complexity index is 954. The summed E-state index contributed by atoms with van der Waals surface area (Å²) < 4.78 is 7.57. The van der Waals surface area contributed by atoms with E-state index in [4.69, 9.17) is 4.74 Å². The van der Waals surface area contributed by atoms with Crippen molar-refractivity contribution in [1.82, 2.24) is 19.5 Å². The lowest BCUT2D eigenvalue weighted by atomic mass is 10.1. The Hall–Kier alpha value is -2.20. The summed E-state index contributed by atoms with van der Waals surface area (Å²) in [7, 11) is 0. The average Bonchev–Trinajstić information content (AvgIpc) is 3.26. The topological polar surface area (TPSA) is 105 Å². The zero-order valence-corrected chi connectivity index (χ0v) is 17.2. The van der Waals surface area contributed by atoms with Crippen LogP contribution in [0.15, 0.2) is 43.0 Å². The minimum Gasteiger partial charge on any atom is -0.387 e. The van der Waals surface area contributed by atoms with E-state index in [1.54, 1.807) is 22.7 Å². The quantitative estimate of drug-likeness (QED) is 0.537. The second-order valence-corrected chi connectivity index (χ2v) is 8.19. The van der Waals surface area contributed by atoms with Gasteiger partial charge in [0, 0.05) is 11.8 Å². The molecule has 8 nitrogen and oxygen atoms in total. The molecule has 4 rings (SSSR count). The second kappa shape index (κ2) is 8.66. The number of aromatic nitrogens is 4. The molecule has 9 heteroatoms. The number of aliphatic hydroxyl groups excluding tert-OH is 2. The highest BCUT2D eigenvalue weighted by Crippen LogP contribution is 2.33. The smallest absolute Gasteiger partial charge is 0.167 e. The van der Waals surface area contributed by atoms with Gasteiger partial charge in [0.2, 0.25) is 0 Å². The maximum Gasteiger partial charge on any atom is 0.167 e. The Morgan fingerprint density at radius 1 is 1.17 bits per heavy atom. The number of ether oxygens (including phenoxy) is 1. The Labute approximate surface area is 173 Å². The molecule has 0 unspecified atom stereocenters. The molecule has 0 saturated carbocycles. The summed E-state index contributed by atoms with van der Waals surface area (Å²) in [6.07, 6.45) is 2.65. The van der Waals surface area contributed by atoms with Crippen molar-refractivity contribution < 1.29 is 14.9 Å². The zero-order chi connectivity index (χ0) is 20.4. The van der Waals surface area contributed by atoms with Gasteiger partial charge in [0.1, 0.15) is 18.5 Å². The number of rotatable bonds is 7. The van der Waals surface area contributed by atoms with E-state index in [1.807, 2.05) is 24.5 Å². The molecule has 1 saturated heterocycles. The van der Waals surface area contributed by atoms with E-state index in [1.165, 1.54) is 11.9 Å². The normalized spacial score (nSPS) is 25.4. The van der Waals surface area contributed by atoms with Gasteiger partial charge in [-0.3, -0.25) is 4.57 Å². The van der Waals surface area contributed by atoms with Crippen molar-refractivity contribution in [2.75, 3.05) is 17.3 Å². The summed E-state index contributed by atoms with van der Waals surface area (Å²) in [5.74, 6) is 1.23. The summed E-state index contributed by atoms with van der Waals surface area (Å²) in [6, 6.07) is 10.4. The molecular weight excluding hydrogens is 390 g/mol. The van der Waals surface area contributed by atoms with Crippen LogP contribution in [0.2, 0.25) is 0 Å². The fraction of sp³-hybridized carbons (Fsp3) is 0.450. The zero-order valence-electron chi connectivity index (χ0n) is 16.3. The predicted octanol–water partition coefficient (Wildman–Crippen LogP) is 1.85. The van der Waals surface area contributed by atoms with Crippen molar-refractivity contribution in [3.8, 4) is 0 Å². The highest BCUT2D eigenvalue weighted by atomic mass is 32.2. The molecule has 5 atom stereocenters. The first-order valence-electron chi connectivity index (χ1n) is 9.57. The highest BCUT2D eigenvalue weighted by molar-refractivity contribution is 7.98. The molecule has 154 valence electrons. The third kappa shape index (κ3) is 4.09. The van der Waals surface area contributed by atoms with E-state index >= 15 is 0 Å². The number of aliphatic hydroxyl groups is 2. The van der Waals surface area contributed by atoms with E-state index in [0.717, 1.165) is 6.42 Å². The third-order valence-corrected chi connectivity index (χ3v) is 5.73. The Morgan fingerprint density at radius 3 is 2.72 bits per heavy atom. The minimum absolute atomic E-state index is 0.141. The molecule has 3 aromatic rings. The van der Waals surface area contributed by atoms with Gasteiger partial charge in [-0.15, -0.1) is 0 Å². The fourth-order valence-corrected chi connectivity index (χ4v) is 4.26. The SMILES string of the molecule is CSC[C@H]1O[C@@H](n2cnc3c(N[C@@H](C)Cc4ccccc4)ncnc32)[C@H](O)[C@@H]1O. The van der Waals surface area contributed by atoms with E-state index in [-0.39, 0.29) is 6.04 Å². The molecule has 3 heterocycles. The van der Waals surface area contributed by atoms with Crippen molar-refractivity contribution in [2.45, 2.75) is 43.9 Å². The van der Waals surface area contributed by atoms with Crippen molar-refractivity contribution in [3.05, 3.63) is 48.5 Å². The number of hydrogen-bond acceptors (Lipinski definition) is 8. The molecule has 0 aliphatic carbocycles. The van der Waals surface area contributed by atoms with E-state index in [2.05, 4.69) is 39.3 Å². The molecule has 1 fully saturated rings. The maximum absolute atomic E-state index is 10.5. The number of anilines is 1. The second-order valence-electron chi connectivity index (χ2n) is 7.28. The van der Waals surface area contributed by atoms with Gasteiger partial charge in [0.15, 0.2) is 23.2 Å². The van der Waals surface area contributed by atoms with E-state index in [9.17, 15) is 10.2 Å². The lowest BCUT2D eigenvalue weighted by Gasteiger charge is -2.17. The van der Waals surface area contributed by atoms with Crippen molar-refractivity contribution in [2.24, 2.45) is 0 Å². The van der Waals surface area contributed by atoms with Gasteiger partial charge in [-0.2, -0.15) is 11.8 Å². The van der Waals surface area contributed by atoms with Crippen LogP contribution in [0.5, 0.6) is 0 Å². The van der Waals surface area contributed by atoms with Gasteiger partial charge in [-0.05, 0) is 25.2 Å². The van der Waals surface area contributed by atoms with Crippen LogP contribution in [0.3, 0.4) is 0 Å². The lowest BCUT2D eigenvalue weighted by molar-refractivity contribution is -0.0288. The van der Waals surface area contributed by atoms with Crippen molar-refractivity contribution in [3.63, 3.8) is 0 Å². The molecule has 29 heavy (non-hydrogen) atoms. The first-order chi connectivity index (χ1) is 14.1. The number of hydrogen-bond donors (Lipinski definition) is 3. The van der Waals surface area contributed by atoms with Crippen LogP contribution in [0, 0.1) is 0 Å². The molecule has 2 aromatic heterocycles. The maximum atomic E-state index is 10.5. The fourth-order valence-electron chi connectivity index (χ4n) is 3.66. The molecule has 0 spiro atoms. The van der Waals surface area contributed by atoms with Gasteiger partial charge in [-0.25, -0.2) is 15.0 Å². The van der Waals surface area contributed by atoms with Crippen LogP contribution >= 0.6 is 11.8 Å². The van der Waals surface area contributed by atoms with Crippen LogP contribution < -0.4 is 5.32 Å². The van der Waals surface area contributed by atoms with Gasteiger partial charge in [0.05, 0.1) is 12.4 Å². The van der Waals surface area contributed by atoms with Gasteiger partial charge >= 0.3 is 0 Å². The third-order valence-electron chi connectivity index (χ3n) is 5.07. The molecule has 1 aliphatic heterocycles. The lowest BCUT2D eigenvalue weighted by Crippen LogP contribution is -2.32. The largest absolute Gasteiger partial charge is 0.387 e. The van der Waals surface area contributed by atoms with E-state index in [0.29, 0.717) is 22.7 Å². The number of benzene rings is 1. The van der Waals surface area contributed by atoms with Crippen LogP contribution in [-0.2, 0) is 11.2 Å². The monoisotopic (exact) mass is 415 g/mol. The van der Waals surface area contributed by atoms with Crippen LogP contribution in [-0.4, -0.2) is 66.1 Å². The van der Waals surface area contributed by atoms with Crippen molar-refractivity contribution >= 4 is 28.7 Å². The Kier molecular flexibility index (Phi) is 6.00. The average molecular weight is 416 g/mol. The van der Waals surface area contributed by atoms with Gasteiger partial charge in [-0.1, -0.05) is 30.3 Å². The summed E-state index contributed by atoms with van der Waals surface area (Å²) in [6.45, 7) is 2.09. The predicted molar refractivity (Wildman–Crippen MR) is 113 cm³/mol. The summed E-state index contributed by atoms with van der Waals surface area (Å²) >= 11 is 1.56. The number of fused-ring (bicyclic) bond motifs is 1. The number of imidazole rings is 1. The van der Waals surface area contributed by atoms with Crippen molar-refractivity contribution in [1.29, 1.82) is 0 Å². The molecule has 0 radical (unpaired) electrons. The van der Waals surface area contributed by atoms with Crippen LogP contribution in [0.4, 0.5) is 5.82 Å². The minimum atomic E-state index is -1.05. The number of thioether (sulfide) groups is 1. The molecular formula is C20H25N5O3S. The summed E-state index contributed by atoms with van der Waals surface area (Å²) in [5, 5.41) is 24.2. The molecule has 1 aromatic carbocycles. The first kappa shape index (κ1) is 20.1. The number of nitrogens with zero attached hydrogens (tertiary/aromatic N) is 4.